The summed E-state index contributed by atoms with van der Waals surface area (Å²) in [4.78, 5) is 0. The third-order valence-electron chi connectivity index (χ3n) is 4.50. The van der Waals surface area contributed by atoms with Crippen molar-refractivity contribution in [3.8, 4) is 5.75 Å². The largest absolute Gasteiger partial charge is 0.490 e. The van der Waals surface area contributed by atoms with E-state index >= 15 is 0 Å². The summed E-state index contributed by atoms with van der Waals surface area (Å²) >= 11 is 0. The van der Waals surface area contributed by atoms with Crippen LogP contribution >= 0.6 is 0 Å². The highest BCUT2D eigenvalue weighted by molar-refractivity contribution is 5.38. The molecule has 3 rings (SSSR count). The molecule has 1 aliphatic carbocycles. The van der Waals surface area contributed by atoms with E-state index in [0.717, 1.165) is 30.1 Å². The molecule has 0 radical (unpaired) electrons. The highest BCUT2D eigenvalue weighted by Crippen LogP contribution is 2.37. The zero-order chi connectivity index (χ0) is 13.2. The fourth-order valence-corrected chi connectivity index (χ4v) is 3.49. The molecule has 2 aliphatic rings. The van der Waals surface area contributed by atoms with Crippen LogP contribution in [0.2, 0.25) is 0 Å². The average Bonchev–Trinajstić information content (AvgIpc) is 2.41. The zero-order valence-electron chi connectivity index (χ0n) is 11.3. The number of nitrogens with two attached hydrogens (primary N) is 1. The van der Waals surface area contributed by atoms with E-state index in [0.29, 0.717) is 0 Å². The van der Waals surface area contributed by atoms with Crippen LogP contribution in [0.5, 0.6) is 5.75 Å². The Morgan fingerprint density at radius 2 is 2.00 bits per heavy atom. The Kier molecular flexibility index (Phi) is 3.74. The normalized spacial score (nSPS) is 27.7. The van der Waals surface area contributed by atoms with E-state index in [2.05, 4.69) is 0 Å². The van der Waals surface area contributed by atoms with Crippen LogP contribution in [-0.2, 0) is 0 Å². The second-order valence-corrected chi connectivity index (χ2v) is 6.00. The lowest BCUT2D eigenvalue weighted by Crippen LogP contribution is -2.31. The SMILES string of the molecule is N[C@H]1CC(CC2CCCCC2)Oc2ccc(F)cc21. The molecule has 0 aromatic heterocycles. The van der Waals surface area contributed by atoms with Gasteiger partial charge in [0.1, 0.15) is 17.7 Å². The molecule has 19 heavy (non-hydrogen) atoms. The fraction of sp³-hybridized carbons (Fsp3) is 0.625. The molecule has 2 N–H and O–H groups in total. The molecule has 1 saturated carbocycles. The molecule has 1 unspecified atom stereocenters. The molecule has 1 aliphatic heterocycles. The van der Waals surface area contributed by atoms with Crippen molar-refractivity contribution in [1.29, 1.82) is 0 Å². The lowest BCUT2D eigenvalue weighted by molar-refractivity contribution is 0.120. The van der Waals surface area contributed by atoms with Gasteiger partial charge in [0, 0.05) is 18.0 Å². The summed E-state index contributed by atoms with van der Waals surface area (Å²) in [5.41, 5.74) is 6.98. The van der Waals surface area contributed by atoms with Crippen LogP contribution < -0.4 is 10.5 Å². The molecule has 2 atom stereocenters. The van der Waals surface area contributed by atoms with Crippen LogP contribution in [0.15, 0.2) is 18.2 Å². The first-order valence-corrected chi connectivity index (χ1v) is 7.44. The van der Waals surface area contributed by atoms with E-state index in [1.165, 1.54) is 44.2 Å². The van der Waals surface area contributed by atoms with Gasteiger partial charge in [-0.25, -0.2) is 4.39 Å². The number of halogens is 1. The van der Waals surface area contributed by atoms with Gasteiger partial charge in [-0.15, -0.1) is 0 Å². The number of hydrogen-bond acceptors (Lipinski definition) is 2. The minimum Gasteiger partial charge on any atom is -0.490 e. The lowest BCUT2D eigenvalue weighted by atomic mass is 9.83. The Labute approximate surface area is 114 Å². The Morgan fingerprint density at radius 3 is 2.79 bits per heavy atom. The third kappa shape index (κ3) is 2.92. The quantitative estimate of drug-likeness (QED) is 0.877. The molecule has 1 fully saturated rings. The van der Waals surface area contributed by atoms with Crippen molar-refractivity contribution in [3.05, 3.63) is 29.6 Å². The topological polar surface area (TPSA) is 35.2 Å². The summed E-state index contributed by atoms with van der Waals surface area (Å²) in [6, 6.07) is 4.59. The van der Waals surface area contributed by atoms with Crippen LogP contribution in [0.4, 0.5) is 4.39 Å². The smallest absolute Gasteiger partial charge is 0.124 e. The molecule has 1 aromatic rings. The van der Waals surface area contributed by atoms with Gasteiger partial charge in [0.2, 0.25) is 0 Å². The molecule has 2 nitrogen and oxygen atoms in total. The van der Waals surface area contributed by atoms with Gasteiger partial charge in [-0.1, -0.05) is 32.1 Å². The minimum atomic E-state index is -0.233. The van der Waals surface area contributed by atoms with E-state index in [9.17, 15) is 4.39 Å². The van der Waals surface area contributed by atoms with Gasteiger partial charge >= 0.3 is 0 Å². The predicted molar refractivity (Wildman–Crippen MR) is 73.6 cm³/mol. The van der Waals surface area contributed by atoms with E-state index in [1.54, 1.807) is 6.07 Å². The molecule has 104 valence electrons. The van der Waals surface area contributed by atoms with Crippen LogP contribution in [0.25, 0.3) is 0 Å². The highest BCUT2D eigenvalue weighted by atomic mass is 19.1. The summed E-state index contributed by atoms with van der Waals surface area (Å²) in [7, 11) is 0. The maximum Gasteiger partial charge on any atom is 0.124 e. The highest BCUT2D eigenvalue weighted by Gasteiger charge is 2.28. The fourth-order valence-electron chi connectivity index (χ4n) is 3.49. The van der Waals surface area contributed by atoms with Crippen molar-refractivity contribution < 1.29 is 9.13 Å². The Bertz CT molecular complexity index is 442. The number of fused-ring (bicyclic) bond motifs is 1. The minimum absolute atomic E-state index is 0.0898. The number of ether oxygens (including phenoxy) is 1. The van der Waals surface area contributed by atoms with Gasteiger partial charge in [-0.2, -0.15) is 0 Å². The maximum absolute atomic E-state index is 13.2. The van der Waals surface area contributed by atoms with E-state index < -0.39 is 0 Å². The van der Waals surface area contributed by atoms with E-state index in [1.807, 2.05) is 0 Å². The first-order valence-electron chi connectivity index (χ1n) is 7.44. The lowest BCUT2D eigenvalue weighted by Gasteiger charge is -2.33. The molecule has 0 saturated heterocycles. The molecular weight excluding hydrogens is 241 g/mol. The van der Waals surface area contributed by atoms with Crippen molar-refractivity contribution in [1.82, 2.24) is 0 Å². The first kappa shape index (κ1) is 12.9. The third-order valence-corrected chi connectivity index (χ3v) is 4.50. The van der Waals surface area contributed by atoms with Crippen molar-refractivity contribution >= 4 is 0 Å². The Morgan fingerprint density at radius 1 is 1.21 bits per heavy atom. The second-order valence-electron chi connectivity index (χ2n) is 6.00. The van der Waals surface area contributed by atoms with E-state index in [4.69, 9.17) is 10.5 Å². The molecule has 1 aromatic carbocycles. The van der Waals surface area contributed by atoms with E-state index in [-0.39, 0.29) is 18.0 Å². The van der Waals surface area contributed by atoms with Crippen LogP contribution in [-0.4, -0.2) is 6.10 Å². The van der Waals surface area contributed by atoms with Gasteiger partial charge < -0.3 is 10.5 Å². The van der Waals surface area contributed by atoms with Crippen molar-refractivity contribution in [3.63, 3.8) is 0 Å². The molecule has 1 heterocycles. The zero-order valence-corrected chi connectivity index (χ0v) is 11.3. The number of hydrogen-bond donors (Lipinski definition) is 1. The maximum atomic E-state index is 13.2. The molecule has 3 heteroatoms. The van der Waals surface area contributed by atoms with Gasteiger partial charge in [0.15, 0.2) is 0 Å². The van der Waals surface area contributed by atoms with Gasteiger partial charge in [-0.05, 0) is 30.5 Å². The van der Waals surface area contributed by atoms with Crippen LogP contribution in [0.3, 0.4) is 0 Å². The summed E-state index contributed by atoms with van der Waals surface area (Å²) in [5.74, 6) is 1.33. The van der Waals surface area contributed by atoms with Gasteiger partial charge in [-0.3, -0.25) is 0 Å². The monoisotopic (exact) mass is 263 g/mol. The Hall–Kier alpha value is -1.09. The van der Waals surface area contributed by atoms with Crippen LogP contribution in [0.1, 0.15) is 56.6 Å². The first-order chi connectivity index (χ1) is 9.22. The predicted octanol–water partition coefficient (Wildman–Crippen LogP) is 3.95. The summed E-state index contributed by atoms with van der Waals surface area (Å²) in [6.07, 6.45) is 8.85. The second kappa shape index (κ2) is 5.49. The summed E-state index contributed by atoms with van der Waals surface area (Å²) in [6.45, 7) is 0. The Balaban J connectivity index is 1.68. The molecule has 0 spiro atoms. The standard InChI is InChI=1S/C16H22FNO/c17-12-6-7-16-14(9-12)15(18)10-13(19-16)8-11-4-2-1-3-5-11/h6-7,9,11,13,15H,1-5,8,10,18H2/t13?,15-/m0/s1. The summed E-state index contributed by atoms with van der Waals surface area (Å²) < 4.78 is 19.2. The van der Waals surface area contributed by atoms with Crippen molar-refractivity contribution in [2.24, 2.45) is 11.7 Å². The summed E-state index contributed by atoms with van der Waals surface area (Å²) in [5, 5.41) is 0. The molecular formula is C16H22FNO. The number of benzene rings is 1. The van der Waals surface area contributed by atoms with Crippen molar-refractivity contribution in [2.75, 3.05) is 0 Å². The van der Waals surface area contributed by atoms with Crippen molar-refractivity contribution in [2.45, 2.75) is 57.1 Å². The average molecular weight is 263 g/mol. The van der Waals surface area contributed by atoms with Crippen LogP contribution in [0, 0.1) is 11.7 Å². The molecule has 0 amide bonds. The van der Waals surface area contributed by atoms with Gasteiger partial charge in [0.05, 0.1) is 0 Å². The number of rotatable bonds is 2. The van der Waals surface area contributed by atoms with Gasteiger partial charge in [0.25, 0.3) is 0 Å². The molecule has 0 bridgehead atoms.